The normalized spacial score (nSPS) is 15.2. The van der Waals surface area contributed by atoms with E-state index >= 15 is 0 Å². The summed E-state index contributed by atoms with van der Waals surface area (Å²) in [6.07, 6.45) is 1.88. The Bertz CT molecular complexity index is 1760. The van der Waals surface area contributed by atoms with Gasteiger partial charge in [-0.05, 0) is 61.4 Å². The lowest BCUT2D eigenvalue weighted by molar-refractivity contribution is -0.139. The number of carbonyl (C=O) groups excluding carboxylic acids is 1. The molecule has 200 valence electrons. The van der Waals surface area contributed by atoms with Gasteiger partial charge in [-0.15, -0.1) is 0 Å². The molecule has 1 aliphatic heterocycles. The van der Waals surface area contributed by atoms with E-state index < -0.39 is 12.0 Å². The maximum absolute atomic E-state index is 14.1. The van der Waals surface area contributed by atoms with Crippen LogP contribution in [0.2, 0.25) is 0 Å². The Hall–Kier alpha value is -4.17. The van der Waals surface area contributed by atoms with Crippen molar-refractivity contribution < 1.29 is 14.3 Å². The molecule has 4 aromatic rings. The van der Waals surface area contributed by atoms with Crippen LogP contribution in [0.3, 0.4) is 0 Å². The van der Waals surface area contributed by atoms with Gasteiger partial charge in [-0.25, -0.2) is 9.79 Å². The van der Waals surface area contributed by atoms with Crippen molar-refractivity contribution in [1.29, 1.82) is 0 Å². The van der Waals surface area contributed by atoms with Crippen LogP contribution < -0.4 is 24.5 Å². The lowest BCUT2D eigenvalue weighted by Gasteiger charge is -2.25. The summed E-state index contributed by atoms with van der Waals surface area (Å²) in [5.41, 5.74) is 3.37. The van der Waals surface area contributed by atoms with Gasteiger partial charge < -0.3 is 14.4 Å². The van der Waals surface area contributed by atoms with Gasteiger partial charge in [-0.3, -0.25) is 9.36 Å². The number of esters is 1. The predicted octanol–water partition coefficient (Wildman–Crippen LogP) is 4.42. The summed E-state index contributed by atoms with van der Waals surface area (Å²) in [4.78, 5) is 34.5. The molecule has 0 bridgehead atoms. The number of aromatic nitrogens is 1. The van der Waals surface area contributed by atoms with Gasteiger partial charge in [0.1, 0.15) is 5.75 Å². The van der Waals surface area contributed by atoms with E-state index in [1.54, 1.807) is 18.4 Å². The van der Waals surface area contributed by atoms with E-state index in [4.69, 9.17) is 14.5 Å². The lowest BCUT2D eigenvalue weighted by Crippen LogP contribution is -2.40. The standard InChI is InChI=1S/C31H31N3O4S/c1-6-37-25-17-14-20-10-8-9-11-23(20)24(25)18-26-29(35)34-28(21-12-15-22(16-13-21)33(4)5)27(30(36)38-7-2)19(3)32-31(34)39-26/h8-18,28H,6-7H2,1-5H3/b26-18-. The van der Waals surface area contributed by atoms with E-state index in [0.29, 0.717) is 33.0 Å². The topological polar surface area (TPSA) is 73.1 Å². The number of carbonyl (C=O) groups is 1. The van der Waals surface area contributed by atoms with Gasteiger partial charge in [-0.2, -0.15) is 0 Å². The van der Waals surface area contributed by atoms with Gasteiger partial charge in [0, 0.05) is 25.3 Å². The van der Waals surface area contributed by atoms with Crippen molar-refractivity contribution in [2.75, 3.05) is 32.2 Å². The van der Waals surface area contributed by atoms with Crippen LogP contribution in [-0.4, -0.2) is 37.8 Å². The molecule has 5 rings (SSSR count). The minimum absolute atomic E-state index is 0.217. The molecule has 0 amide bonds. The summed E-state index contributed by atoms with van der Waals surface area (Å²) in [6.45, 7) is 6.24. The lowest BCUT2D eigenvalue weighted by atomic mass is 9.95. The molecule has 3 aromatic carbocycles. The van der Waals surface area contributed by atoms with Gasteiger partial charge in [-0.1, -0.05) is 53.8 Å². The Kier molecular flexibility index (Phi) is 7.39. The number of nitrogens with zero attached hydrogens (tertiary/aromatic N) is 3. The van der Waals surface area contributed by atoms with Gasteiger partial charge >= 0.3 is 5.97 Å². The predicted molar refractivity (Wildman–Crippen MR) is 156 cm³/mol. The van der Waals surface area contributed by atoms with Crippen LogP contribution >= 0.6 is 11.3 Å². The number of hydrogen-bond acceptors (Lipinski definition) is 7. The van der Waals surface area contributed by atoms with Crippen molar-refractivity contribution in [2.45, 2.75) is 26.8 Å². The average molecular weight is 542 g/mol. The number of ether oxygens (including phenoxy) is 2. The van der Waals surface area contributed by atoms with Crippen molar-refractivity contribution in [3.05, 3.63) is 103 Å². The van der Waals surface area contributed by atoms with E-state index in [9.17, 15) is 9.59 Å². The third-order valence-electron chi connectivity index (χ3n) is 6.75. The van der Waals surface area contributed by atoms with Crippen molar-refractivity contribution in [2.24, 2.45) is 4.99 Å². The molecular formula is C31H31N3O4S. The zero-order chi connectivity index (χ0) is 27.7. The van der Waals surface area contributed by atoms with Gasteiger partial charge in [0.05, 0.1) is 35.1 Å². The Labute approximate surface area is 230 Å². The second-order valence-electron chi connectivity index (χ2n) is 9.42. The number of hydrogen-bond donors (Lipinski definition) is 0. The highest BCUT2D eigenvalue weighted by molar-refractivity contribution is 7.07. The van der Waals surface area contributed by atoms with Crippen LogP contribution in [0.15, 0.2) is 81.7 Å². The number of allylic oxidation sites excluding steroid dienone is 1. The zero-order valence-corrected chi connectivity index (χ0v) is 23.5. The van der Waals surface area contributed by atoms with Crippen LogP contribution in [0.5, 0.6) is 5.75 Å². The van der Waals surface area contributed by atoms with Crippen LogP contribution in [0.4, 0.5) is 5.69 Å². The largest absolute Gasteiger partial charge is 0.493 e. The fourth-order valence-electron chi connectivity index (χ4n) is 4.90. The first kappa shape index (κ1) is 26.4. The molecule has 7 nitrogen and oxygen atoms in total. The highest BCUT2D eigenvalue weighted by atomic mass is 32.1. The Balaban J connectivity index is 1.76. The second-order valence-corrected chi connectivity index (χ2v) is 10.4. The van der Waals surface area contributed by atoms with Crippen molar-refractivity contribution in [1.82, 2.24) is 4.57 Å². The van der Waals surface area contributed by atoms with Crippen molar-refractivity contribution in [3.63, 3.8) is 0 Å². The van der Waals surface area contributed by atoms with Gasteiger partial charge in [0.25, 0.3) is 5.56 Å². The minimum Gasteiger partial charge on any atom is -0.493 e. The monoisotopic (exact) mass is 541 g/mol. The zero-order valence-electron chi connectivity index (χ0n) is 22.7. The SMILES string of the molecule is CCOC(=O)C1=C(C)N=c2s/c(=C\c3c(OCC)ccc4ccccc34)c(=O)n2C1c1ccc(N(C)C)cc1. The summed E-state index contributed by atoms with van der Waals surface area (Å²) in [6, 6.07) is 19.2. The molecule has 2 heterocycles. The van der Waals surface area contributed by atoms with E-state index in [-0.39, 0.29) is 12.2 Å². The summed E-state index contributed by atoms with van der Waals surface area (Å²) in [5.74, 6) is 0.239. The van der Waals surface area contributed by atoms with Crippen LogP contribution in [0, 0.1) is 0 Å². The third kappa shape index (κ3) is 4.88. The minimum atomic E-state index is -0.655. The number of anilines is 1. The first-order chi connectivity index (χ1) is 18.8. The highest BCUT2D eigenvalue weighted by Gasteiger charge is 2.33. The van der Waals surface area contributed by atoms with Crippen molar-refractivity contribution >= 4 is 39.8 Å². The average Bonchev–Trinajstić information content (AvgIpc) is 3.23. The highest BCUT2D eigenvalue weighted by Crippen LogP contribution is 2.32. The fraction of sp³-hybridized carbons (Fsp3) is 0.258. The molecule has 1 aliphatic rings. The quantitative estimate of drug-likeness (QED) is 0.324. The molecule has 1 aromatic heterocycles. The second kappa shape index (κ2) is 10.9. The summed E-state index contributed by atoms with van der Waals surface area (Å²) in [7, 11) is 3.94. The van der Waals surface area contributed by atoms with E-state index in [1.807, 2.05) is 92.7 Å². The smallest absolute Gasteiger partial charge is 0.338 e. The maximum Gasteiger partial charge on any atom is 0.338 e. The molecule has 0 saturated heterocycles. The summed E-state index contributed by atoms with van der Waals surface area (Å²) < 4.78 is 13.5. The number of fused-ring (bicyclic) bond motifs is 2. The van der Waals surface area contributed by atoms with E-state index in [0.717, 1.165) is 27.6 Å². The summed E-state index contributed by atoms with van der Waals surface area (Å²) >= 11 is 1.31. The molecule has 0 fully saturated rings. The number of thiazole rings is 1. The van der Waals surface area contributed by atoms with E-state index in [1.165, 1.54) is 11.3 Å². The van der Waals surface area contributed by atoms with Gasteiger partial charge in [0.15, 0.2) is 4.80 Å². The van der Waals surface area contributed by atoms with Crippen LogP contribution in [-0.2, 0) is 9.53 Å². The molecule has 0 radical (unpaired) electrons. The number of rotatable bonds is 7. The fourth-order valence-corrected chi connectivity index (χ4v) is 5.93. The molecule has 39 heavy (non-hydrogen) atoms. The first-order valence-corrected chi connectivity index (χ1v) is 13.8. The Morgan fingerprint density at radius 1 is 1.05 bits per heavy atom. The molecule has 1 unspecified atom stereocenters. The van der Waals surface area contributed by atoms with Crippen LogP contribution in [0.25, 0.3) is 16.8 Å². The number of benzene rings is 3. The maximum atomic E-state index is 14.1. The molecular weight excluding hydrogens is 510 g/mol. The molecule has 0 N–H and O–H groups in total. The molecule has 0 saturated carbocycles. The Morgan fingerprint density at radius 2 is 1.79 bits per heavy atom. The molecule has 1 atom stereocenters. The Morgan fingerprint density at radius 3 is 2.49 bits per heavy atom. The third-order valence-corrected chi connectivity index (χ3v) is 7.73. The van der Waals surface area contributed by atoms with Crippen LogP contribution in [0.1, 0.15) is 37.9 Å². The van der Waals surface area contributed by atoms with E-state index in [2.05, 4.69) is 0 Å². The first-order valence-electron chi connectivity index (χ1n) is 13.0. The van der Waals surface area contributed by atoms with Gasteiger partial charge in [0.2, 0.25) is 0 Å². The molecule has 0 aliphatic carbocycles. The molecule has 0 spiro atoms. The summed E-state index contributed by atoms with van der Waals surface area (Å²) in [5, 5.41) is 2.05. The van der Waals surface area contributed by atoms with Crippen molar-refractivity contribution in [3.8, 4) is 5.75 Å². The molecule has 8 heteroatoms.